The zero-order valence-electron chi connectivity index (χ0n) is 8.65. The van der Waals surface area contributed by atoms with Gasteiger partial charge in [-0.1, -0.05) is 0 Å². The molecule has 0 spiro atoms. The van der Waals surface area contributed by atoms with Crippen molar-refractivity contribution in [3.63, 3.8) is 0 Å². The molecule has 0 saturated carbocycles. The van der Waals surface area contributed by atoms with Crippen LogP contribution in [0.25, 0.3) is 0 Å². The Hall–Kier alpha value is -1.25. The molecule has 0 bridgehead atoms. The van der Waals surface area contributed by atoms with Crippen molar-refractivity contribution in [2.24, 2.45) is 0 Å². The summed E-state index contributed by atoms with van der Waals surface area (Å²) in [5, 5.41) is 8.66. The SMILES string of the molecule is Cc1cc(C(F)(F)Br)nc(C(F)(F)F)c1C(=O)O. The van der Waals surface area contributed by atoms with Gasteiger partial charge in [0.05, 0.1) is 5.56 Å². The molecule has 0 aromatic carbocycles. The van der Waals surface area contributed by atoms with Crippen molar-refractivity contribution in [1.29, 1.82) is 0 Å². The lowest BCUT2D eigenvalue weighted by molar-refractivity contribution is -0.142. The van der Waals surface area contributed by atoms with E-state index < -0.39 is 39.5 Å². The first-order chi connectivity index (χ1) is 7.94. The standard InChI is InChI=1S/C9H5BrF5NO2/c1-3-2-4(8(10,11)12)16-6(9(13,14)15)5(3)7(17)18/h2H,1H3,(H,17,18). The maximum atomic E-state index is 12.9. The Morgan fingerprint density at radius 2 is 1.83 bits per heavy atom. The van der Waals surface area contributed by atoms with Gasteiger partial charge >= 0.3 is 17.0 Å². The minimum absolute atomic E-state index is 0.445. The fraction of sp³-hybridized carbons (Fsp3) is 0.333. The summed E-state index contributed by atoms with van der Waals surface area (Å²) in [6.45, 7) is 0.989. The highest BCUT2D eigenvalue weighted by Gasteiger charge is 2.41. The molecule has 0 amide bonds. The van der Waals surface area contributed by atoms with E-state index >= 15 is 0 Å². The first-order valence-corrected chi connectivity index (χ1v) is 5.13. The molecule has 0 fully saturated rings. The molecule has 0 unspecified atom stereocenters. The van der Waals surface area contributed by atoms with Crippen molar-refractivity contribution < 1.29 is 31.9 Å². The van der Waals surface area contributed by atoms with E-state index in [0.717, 1.165) is 6.92 Å². The van der Waals surface area contributed by atoms with E-state index in [9.17, 15) is 26.7 Å². The zero-order valence-corrected chi connectivity index (χ0v) is 10.2. The second-order valence-electron chi connectivity index (χ2n) is 3.35. The number of aryl methyl sites for hydroxylation is 1. The maximum absolute atomic E-state index is 12.9. The number of alkyl halides is 6. The summed E-state index contributed by atoms with van der Waals surface area (Å²) in [6, 6.07) is 0.591. The van der Waals surface area contributed by atoms with E-state index in [1.54, 1.807) is 0 Å². The molecular weight excluding hydrogens is 329 g/mol. The van der Waals surface area contributed by atoms with E-state index in [4.69, 9.17) is 5.11 Å². The molecule has 18 heavy (non-hydrogen) atoms. The summed E-state index contributed by atoms with van der Waals surface area (Å²) >= 11 is 1.87. The highest BCUT2D eigenvalue weighted by molar-refractivity contribution is 9.09. The third-order valence-corrected chi connectivity index (χ3v) is 2.40. The smallest absolute Gasteiger partial charge is 0.434 e. The van der Waals surface area contributed by atoms with Gasteiger partial charge in [-0.2, -0.15) is 22.0 Å². The minimum Gasteiger partial charge on any atom is -0.478 e. The molecule has 1 aromatic rings. The number of aromatic nitrogens is 1. The largest absolute Gasteiger partial charge is 0.478 e. The molecule has 3 nitrogen and oxygen atoms in total. The van der Waals surface area contributed by atoms with Crippen LogP contribution in [0.4, 0.5) is 22.0 Å². The molecule has 0 saturated heterocycles. The predicted molar refractivity (Wildman–Crippen MR) is 53.8 cm³/mol. The van der Waals surface area contributed by atoms with Gasteiger partial charge in [0.1, 0.15) is 5.69 Å². The first kappa shape index (κ1) is 14.8. The van der Waals surface area contributed by atoms with Gasteiger partial charge < -0.3 is 5.11 Å². The van der Waals surface area contributed by atoms with E-state index in [1.165, 1.54) is 0 Å². The van der Waals surface area contributed by atoms with E-state index in [0.29, 0.717) is 6.07 Å². The monoisotopic (exact) mass is 333 g/mol. The molecule has 1 aromatic heterocycles. The van der Waals surface area contributed by atoms with Gasteiger partial charge in [-0.05, 0) is 34.5 Å². The highest BCUT2D eigenvalue weighted by Crippen LogP contribution is 2.38. The van der Waals surface area contributed by atoms with Crippen LogP contribution < -0.4 is 0 Å². The molecule has 0 atom stereocenters. The van der Waals surface area contributed by atoms with Crippen LogP contribution in [0.1, 0.15) is 27.3 Å². The van der Waals surface area contributed by atoms with Crippen molar-refractivity contribution in [2.45, 2.75) is 17.9 Å². The number of hydrogen-bond donors (Lipinski definition) is 1. The van der Waals surface area contributed by atoms with Crippen LogP contribution in [0.15, 0.2) is 6.07 Å². The molecule has 1 rings (SSSR count). The number of rotatable bonds is 2. The van der Waals surface area contributed by atoms with Gasteiger partial charge in [0.25, 0.3) is 0 Å². The lowest BCUT2D eigenvalue weighted by atomic mass is 10.1. The normalized spacial score (nSPS) is 12.6. The zero-order chi connectivity index (χ0) is 14.3. The Balaban J connectivity index is 3.64. The fourth-order valence-corrected chi connectivity index (χ4v) is 1.50. The summed E-state index contributed by atoms with van der Waals surface area (Å²) in [4.78, 5) is 9.64. The van der Waals surface area contributed by atoms with E-state index in [-0.39, 0.29) is 0 Å². The summed E-state index contributed by atoms with van der Waals surface area (Å²) in [7, 11) is 0. The lowest BCUT2D eigenvalue weighted by Gasteiger charge is -2.15. The van der Waals surface area contributed by atoms with Gasteiger partial charge in [-0.15, -0.1) is 0 Å². The Bertz CT molecular complexity index is 495. The van der Waals surface area contributed by atoms with Gasteiger partial charge in [-0.3, -0.25) is 0 Å². The van der Waals surface area contributed by atoms with Gasteiger partial charge in [0.15, 0.2) is 5.69 Å². The highest BCUT2D eigenvalue weighted by atomic mass is 79.9. The molecule has 1 N–H and O–H groups in total. The van der Waals surface area contributed by atoms with Gasteiger partial charge in [-0.25, -0.2) is 9.78 Å². The molecule has 1 heterocycles. The second-order valence-corrected chi connectivity index (χ2v) is 4.34. The molecule has 100 valence electrons. The minimum atomic E-state index is -5.13. The Morgan fingerprint density at radius 1 is 1.33 bits per heavy atom. The number of nitrogens with zero attached hydrogens (tertiary/aromatic N) is 1. The predicted octanol–water partition coefficient (Wildman–Crippen LogP) is 3.55. The molecule has 9 heteroatoms. The average molecular weight is 334 g/mol. The average Bonchev–Trinajstić information content (AvgIpc) is 2.12. The Labute approximate surface area is 106 Å². The van der Waals surface area contributed by atoms with Crippen molar-refractivity contribution in [2.75, 3.05) is 0 Å². The second kappa shape index (κ2) is 4.45. The van der Waals surface area contributed by atoms with E-state index in [1.807, 2.05) is 15.9 Å². The number of aromatic carboxylic acids is 1. The summed E-state index contributed by atoms with van der Waals surface area (Å²) in [6.07, 6.45) is -5.13. The fourth-order valence-electron chi connectivity index (χ4n) is 1.29. The number of carbonyl (C=O) groups is 1. The van der Waals surface area contributed by atoms with Crippen molar-refractivity contribution in [3.05, 3.63) is 28.6 Å². The van der Waals surface area contributed by atoms with Gasteiger partial charge in [0, 0.05) is 0 Å². The molecule has 0 aliphatic heterocycles. The molecule has 0 aliphatic rings. The van der Waals surface area contributed by atoms with Crippen LogP contribution in [-0.2, 0) is 11.0 Å². The number of pyridine rings is 1. The summed E-state index contributed by atoms with van der Waals surface area (Å²) in [5.74, 6) is -1.88. The Kier molecular flexibility index (Phi) is 3.66. The van der Waals surface area contributed by atoms with Crippen LogP contribution in [-0.4, -0.2) is 16.1 Å². The van der Waals surface area contributed by atoms with Crippen molar-refractivity contribution in [3.8, 4) is 0 Å². The Morgan fingerprint density at radius 3 is 2.17 bits per heavy atom. The van der Waals surface area contributed by atoms with Crippen LogP contribution in [0.5, 0.6) is 0 Å². The van der Waals surface area contributed by atoms with Crippen LogP contribution in [0.2, 0.25) is 0 Å². The molecular formula is C9H5BrF5NO2. The topological polar surface area (TPSA) is 50.2 Å². The number of hydrogen-bond acceptors (Lipinski definition) is 2. The van der Waals surface area contributed by atoms with Crippen LogP contribution >= 0.6 is 15.9 Å². The third kappa shape index (κ3) is 2.95. The maximum Gasteiger partial charge on any atom is 0.434 e. The molecule has 0 radical (unpaired) electrons. The number of carboxylic acid groups (broad SMARTS) is 1. The summed E-state index contributed by atoms with van der Waals surface area (Å²) < 4.78 is 63.5. The van der Waals surface area contributed by atoms with Crippen molar-refractivity contribution >= 4 is 21.9 Å². The molecule has 0 aliphatic carbocycles. The lowest BCUT2D eigenvalue weighted by Crippen LogP contribution is -2.20. The van der Waals surface area contributed by atoms with E-state index in [2.05, 4.69) is 4.98 Å². The third-order valence-electron chi connectivity index (χ3n) is 1.99. The first-order valence-electron chi connectivity index (χ1n) is 4.34. The summed E-state index contributed by atoms with van der Waals surface area (Å²) in [5.41, 5.74) is -4.62. The van der Waals surface area contributed by atoms with Crippen LogP contribution in [0, 0.1) is 6.92 Å². The van der Waals surface area contributed by atoms with Crippen LogP contribution in [0.3, 0.4) is 0 Å². The number of halogens is 6. The quantitative estimate of drug-likeness (QED) is 0.665. The van der Waals surface area contributed by atoms with Crippen molar-refractivity contribution in [1.82, 2.24) is 4.98 Å². The number of carboxylic acids is 1. The van der Waals surface area contributed by atoms with Gasteiger partial charge in [0.2, 0.25) is 0 Å².